The van der Waals surface area contributed by atoms with Gasteiger partial charge in [-0.3, -0.25) is 0 Å². The molecule has 1 aromatic heterocycles. The fraction of sp³-hybridized carbons (Fsp3) is 0.182. The molecule has 0 radical (unpaired) electrons. The van der Waals surface area contributed by atoms with Crippen molar-refractivity contribution in [1.82, 2.24) is 15.0 Å². The number of methoxy groups -OCH3 is 1. The topological polar surface area (TPSA) is 86.0 Å². The predicted molar refractivity (Wildman–Crippen MR) is 65.2 cm³/mol. The third kappa shape index (κ3) is 2.62. The molecule has 0 saturated carbocycles. The summed E-state index contributed by atoms with van der Waals surface area (Å²) >= 11 is 0. The van der Waals surface area contributed by atoms with E-state index < -0.39 is 5.82 Å². The van der Waals surface area contributed by atoms with E-state index >= 15 is 0 Å². The van der Waals surface area contributed by atoms with Crippen molar-refractivity contribution in [3.05, 3.63) is 29.6 Å². The number of nitrogens with one attached hydrogen (secondary N) is 1. The Morgan fingerprint density at radius 1 is 1.28 bits per heavy atom. The Morgan fingerprint density at radius 2 is 2.06 bits per heavy atom. The summed E-state index contributed by atoms with van der Waals surface area (Å²) in [6.07, 6.45) is 0. The molecule has 0 saturated heterocycles. The first-order valence-electron chi connectivity index (χ1n) is 5.17. The summed E-state index contributed by atoms with van der Waals surface area (Å²) in [5.41, 5.74) is 6.56. The Kier molecular flexibility index (Phi) is 3.22. The molecule has 0 fully saturated rings. The summed E-state index contributed by atoms with van der Waals surface area (Å²) in [6.45, 7) is 1.80. The van der Waals surface area contributed by atoms with Crippen LogP contribution in [0.5, 0.6) is 6.01 Å². The zero-order valence-electron chi connectivity index (χ0n) is 9.94. The second-order valence-corrected chi connectivity index (χ2v) is 3.61. The summed E-state index contributed by atoms with van der Waals surface area (Å²) in [4.78, 5) is 11.5. The van der Waals surface area contributed by atoms with Crippen LogP contribution in [0.3, 0.4) is 0 Å². The maximum atomic E-state index is 13.6. The summed E-state index contributed by atoms with van der Waals surface area (Å²) < 4.78 is 18.5. The summed E-state index contributed by atoms with van der Waals surface area (Å²) in [7, 11) is 1.41. The molecule has 1 aromatic carbocycles. The number of nitrogens with zero attached hydrogens (tertiary/aromatic N) is 3. The van der Waals surface area contributed by atoms with Gasteiger partial charge in [0, 0.05) is 0 Å². The zero-order valence-corrected chi connectivity index (χ0v) is 9.94. The number of nitrogens with two attached hydrogens (primary N) is 1. The molecule has 0 atom stereocenters. The van der Waals surface area contributed by atoms with Gasteiger partial charge in [0.1, 0.15) is 5.82 Å². The highest BCUT2D eigenvalue weighted by Gasteiger charge is 2.07. The number of rotatable bonds is 3. The fourth-order valence-corrected chi connectivity index (χ4v) is 1.36. The van der Waals surface area contributed by atoms with E-state index in [-0.39, 0.29) is 23.6 Å². The highest BCUT2D eigenvalue weighted by Crippen LogP contribution is 2.19. The van der Waals surface area contributed by atoms with Crippen molar-refractivity contribution in [3.63, 3.8) is 0 Å². The van der Waals surface area contributed by atoms with E-state index in [1.807, 2.05) is 0 Å². The maximum Gasteiger partial charge on any atom is 0.322 e. The van der Waals surface area contributed by atoms with Crippen LogP contribution < -0.4 is 15.8 Å². The van der Waals surface area contributed by atoms with Crippen LogP contribution in [0.25, 0.3) is 0 Å². The minimum absolute atomic E-state index is 0.00290. The first-order valence-corrected chi connectivity index (χ1v) is 5.17. The third-order valence-electron chi connectivity index (χ3n) is 2.19. The first-order chi connectivity index (χ1) is 8.58. The minimum Gasteiger partial charge on any atom is -0.467 e. The van der Waals surface area contributed by atoms with E-state index in [0.29, 0.717) is 0 Å². The van der Waals surface area contributed by atoms with Gasteiger partial charge in [-0.05, 0) is 24.6 Å². The molecular weight excluding hydrogens is 237 g/mol. The number of ether oxygens (including phenoxy) is 1. The van der Waals surface area contributed by atoms with Gasteiger partial charge in [0.2, 0.25) is 11.9 Å². The SMILES string of the molecule is COc1nc(N)nc(Nc2ccc(C)cc2F)n1. The van der Waals surface area contributed by atoms with E-state index in [1.165, 1.54) is 13.2 Å². The Hall–Kier alpha value is -2.44. The molecule has 1 heterocycles. The van der Waals surface area contributed by atoms with Gasteiger partial charge < -0.3 is 15.8 Å². The van der Waals surface area contributed by atoms with Gasteiger partial charge in [0.25, 0.3) is 0 Å². The number of hydrogen-bond acceptors (Lipinski definition) is 6. The molecule has 0 spiro atoms. The molecule has 0 aliphatic rings. The monoisotopic (exact) mass is 249 g/mol. The van der Waals surface area contributed by atoms with Crippen molar-refractivity contribution < 1.29 is 9.13 Å². The number of aryl methyl sites for hydroxylation is 1. The Bertz CT molecular complexity index is 575. The maximum absolute atomic E-state index is 13.6. The second-order valence-electron chi connectivity index (χ2n) is 3.61. The number of nitrogen functional groups attached to an aromatic ring is 1. The lowest BCUT2D eigenvalue weighted by molar-refractivity contribution is 0.380. The van der Waals surface area contributed by atoms with Crippen LogP contribution in [-0.4, -0.2) is 22.1 Å². The highest BCUT2D eigenvalue weighted by molar-refractivity contribution is 5.55. The van der Waals surface area contributed by atoms with Crippen molar-refractivity contribution in [2.45, 2.75) is 6.92 Å². The molecule has 0 aliphatic carbocycles. The normalized spacial score (nSPS) is 10.2. The van der Waals surface area contributed by atoms with Crippen LogP contribution in [-0.2, 0) is 0 Å². The van der Waals surface area contributed by atoms with Gasteiger partial charge in [0.05, 0.1) is 12.8 Å². The van der Waals surface area contributed by atoms with Crippen molar-refractivity contribution in [3.8, 4) is 6.01 Å². The predicted octanol–water partition coefficient (Wildman–Crippen LogP) is 1.65. The van der Waals surface area contributed by atoms with E-state index in [9.17, 15) is 4.39 Å². The van der Waals surface area contributed by atoms with Gasteiger partial charge in [0.15, 0.2) is 0 Å². The molecule has 6 nitrogen and oxygen atoms in total. The molecule has 0 unspecified atom stereocenters. The molecule has 2 aromatic rings. The third-order valence-corrected chi connectivity index (χ3v) is 2.19. The lowest BCUT2D eigenvalue weighted by atomic mass is 10.2. The summed E-state index contributed by atoms with van der Waals surface area (Å²) in [6, 6.07) is 4.84. The molecule has 7 heteroatoms. The van der Waals surface area contributed by atoms with Gasteiger partial charge in [-0.15, -0.1) is 0 Å². The average molecular weight is 249 g/mol. The second kappa shape index (κ2) is 4.82. The Labute approximate surface area is 103 Å². The number of hydrogen-bond donors (Lipinski definition) is 2. The largest absolute Gasteiger partial charge is 0.467 e. The van der Waals surface area contributed by atoms with Crippen molar-refractivity contribution in [1.29, 1.82) is 0 Å². The molecule has 94 valence electrons. The number of benzene rings is 1. The molecule has 3 N–H and O–H groups in total. The van der Waals surface area contributed by atoms with Crippen molar-refractivity contribution in [2.75, 3.05) is 18.2 Å². The van der Waals surface area contributed by atoms with Crippen molar-refractivity contribution in [2.24, 2.45) is 0 Å². The standard InChI is InChI=1S/C11H12FN5O/c1-6-3-4-8(7(12)5-6)14-10-15-9(13)16-11(17-10)18-2/h3-5H,1-2H3,(H3,13,14,15,16,17). The summed E-state index contributed by atoms with van der Waals surface area (Å²) in [5, 5.41) is 2.72. The Morgan fingerprint density at radius 3 is 2.72 bits per heavy atom. The lowest BCUT2D eigenvalue weighted by Crippen LogP contribution is -2.05. The van der Waals surface area contributed by atoms with E-state index in [2.05, 4.69) is 20.3 Å². The molecule has 18 heavy (non-hydrogen) atoms. The number of anilines is 3. The smallest absolute Gasteiger partial charge is 0.322 e. The number of halogens is 1. The van der Waals surface area contributed by atoms with Gasteiger partial charge >= 0.3 is 6.01 Å². The van der Waals surface area contributed by atoms with Crippen LogP contribution in [0.15, 0.2) is 18.2 Å². The quantitative estimate of drug-likeness (QED) is 0.860. The average Bonchev–Trinajstić information content (AvgIpc) is 2.32. The van der Waals surface area contributed by atoms with Crippen LogP contribution in [0, 0.1) is 12.7 Å². The molecule has 0 bridgehead atoms. The molecular formula is C11H12FN5O. The van der Waals surface area contributed by atoms with Gasteiger partial charge in [-0.1, -0.05) is 6.07 Å². The van der Waals surface area contributed by atoms with Gasteiger partial charge in [-0.2, -0.15) is 15.0 Å². The lowest BCUT2D eigenvalue weighted by Gasteiger charge is -2.07. The van der Waals surface area contributed by atoms with Crippen LogP contribution in [0.2, 0.25) is 0 Å². The van der Waals surface area contributed by atoms with E-state index in [0.717, 1.165) is 5.56 Å². The van der Waals surface area contributed by atoms with Crippen LogP contribution in [0.1, 0.15) is 5.56 Å². The fourth-order valence-electron chi connectivity index (χ4n) is 1.36. The van der Waals surface area contributed by atoms with E-state index in [1.54, 1.807) is 19.1 Å². The van der Waals surface area contributed by atoms with Gasteiger partial charge in [-0.25, -0.2) is 4.39 Å². The highest BCUT2D eigenvalue weighted by atomic mass is 19.1. The summed E-state index contributed by atoms with van der Waals surface area (Å²) in [5.74, 6) is -0.271. The van der Waals surface area contributed by atoms with E-state index in [4.69, 9.17) is 10.5 Å². The zero-order chi connectivity index (χ0) is 13.1. The first kappa shape index (κ1) is 12.0. The molecule has 0 aliphatic heterocycles. The van der Waals surface area contributed by atoms with Crippen LogP contribution in [0.4, 0.5) is 22.0 Å². The molecule has 2 rings (SSSR count). The number of aromatic nitrogens is 3. The molecule has 0 amide bonds. The van der Waals surface area contributed by atoms with Crippen molar-refractivity contribution >= 4 is 17.6 Å². The Balaban J connectivity index is 2.30. The van der Waals surface area contributed by atoms with Crippen LogP contribution >= 0.6 is 0 Å². The minimum atomic E-state index is -0.395.